The normalized spacial score (nSPS) is 23.1. The molecule has 1 saturated heterocycles. The Balaban J connectivity index is 1.93. The molecule has 0 spiro atoms. The minimum atomic E-state index is -0.0191. The Bertz CT molecular complexity index is 516. The zero-order chi connectivity index (χ0) is 17.0. The number of carbonyl (C=O) groups is 1. The number of hydrogen-bond acceptors (Lipinski definition) is 4. The van der Waals surface area contributed by atoms with Crippen LogP contribution in [0.1, 0.15) is 31.9 Å². The Kier molecular flexibility index (Phi) is 6.01. The SMILES string of the molecule is CC[C@H]1CN(C(=O)NC[C@@H](c2cnn(C)c2)N(C)C)C[C@@H](C)O1. The quantitative estimate of drug-likeness (QED) is 0.885. The van der Waals surface area contributed by atoms with E-state index in [1.165, 1.54) is 0 Å². The van der Waals surface area contributed by atoms with Gasteiger partial charge in [-0.1, -0.05) is 6.92 Å². The van der Waals surface area contributed by atoms with Crippen molar-refractivity contribution in [2.75, 3.05) is 33.7 Å². The summed E-state index contributed by atoms with van der Waals surface area (Å²) in [7, 11) is 5.91. The van der Waals surface area contributed by atoms with E-state index < -0.39 is 0 Å². The number of amides is 2. The van der Waals surface area contributed by atoms with Gasteiger partial charge >= 0.3 is 6.03 Å². The van der Waals surface area contributed by atoms with Crippen LogP contribution in [0.15, 0.2) is 12.4 Å². The van der Waals surface area contributed by atoms with Gasteiger partial charge < -0.3 is 19.9 Å². The van der Waals surface area contributed by atoms with Crippen LogP contribution in [0.2, 0.25) is 0 Å². The van der Waals surface area contributed by atoms with E-state index >= 15 is 0 Å². The summed E-state index contributed by atoms with van der Waals surface area (Å²) >= 11 is 0. The van der Waals surface area contributed by atoms with Crippen LogP contribution in [0.25, 0.3) is 0 Å². The van der Waals surface area contributed by atoms with E-state index in [0.29, 0.717) is 19.6 Å². The molecule has 1 aromatic heterocycles. The molecule has 130 valence electrons. The number of ether oxygens (including phenoxy) is 1. The van der Waals surface area contributed by atoms with Crippen LogP contribution < -0.4 is 5.32 Å². The van der Waals surface area contributed by atoms with Crippen molar-refractivity contribution in [1.29, 1.82) is 0 Å². The highest BCUT2D eigenvalue weighted by atomic mass is 16.5. The Morgan fingerprint density at radius 1 is 1.52 bits per heavy atom. The molecule has 0 radical (unpaired) electrons. The van der Waals surface area contributed by atoms with Crippen molar-refractivity contribution in [3.8, 4) is 0 Å². The van der Waals surface area contributed by atoms with Crippen LogP contribution in [0.3, 0.4) is 0 Å². The van der Waals surface area contributed by atoms with E-state index in [1.54, 1.807) is 4.68 Å². The third-order valence-corrected chi connectivity index (χ3v) is 4.25. The highest BCUT2D eigenvalue weighted by Crippen LogP contribution is 2.17. The monoisotopic (exact) mass is 323 g/mol. The van der Waals surface area contributed by atoms with Gasteiger partial charge in [0, 0.05) is 38.4 Å². The number of carbonyl (C=O) groups excluding carboxylic acids is 1. The summed E-state index contributed by atoms with van der Waals surface area (Å²) in [4.78, 5) is 16.4. The van der Waals surface area contributed by atoms with Gasteiger partial charge in [0.15, 0.2) is 0 Å². The van der Waals surface area contributed by atoms with Gasteiger partial charge in [-0.2, -0.15) is 5.10 Å². The average Bonchev–Trinajstić information content (AvgIpc) is 2.92. The summed E-state index contributed by atoms with van der Waals surface area (Å²) in [6, 6.07) is 0.0856. The van der Waals surface area contributed by atoms with E-state index in [0.717, 1.165) is 12.0 Å². The van der Waals surface area contributed by atoms with Crippen molar-refractivity contribution in [3.63, 3.8) is 0 Å². The predicted octanol–water partition coefficient (Wildman–Crippen LogP) is 1.23. The number of rotatable bonds is 5. The number of nitrogens with one attached hydrogen (secondary N) is 1. The summed E-state index contributed by atoms with van der Waals surface area (Å²) < 4.78 is 7.59. The Morgan fingerprint density at radius 2 is 2.26 bits per heavy atom. The van der Waals surface area contributed by atoms with Crippen LogP contribution in [-0.2, 0) is 11.8 Å². The van der Waals surface area contributed by atoms with Crippen LogP contribution in [-0.4, -0.2) is 71.5 Å². The second kappa shape index (κ2) is 7.79. The lowest BCUT2D eigenvalue weighted by Crippen LogP contribution is -2.53. The lowest BCUT2D eigenvalue weighted by molar-refractivity contribution is -0.0646. The maximum absolute atomic E-state index is 12.5. The fourth-order valence-corrected chi connectivity index (χ4v) is 2.94. The van der Waals surface area contributed by atoms with Crippen molar-refractivity contribution in [2.24, 2.45) is 7.05 Å². The zero-order valence-corrected chi connectivity index (χ0v) is 14.8. The second-order valence-corrected chi connectivity index (χ2v) is 6.49. The molecular weight excluding hydrogens is 294 g/mol. The third-order valence-electron chi connectivity index (χ3n) is 4.25. The third kappa shape index (κ3) is 4.68. The van der Waals surface area contributed by atoms with E-state index in [2.05, 4.69) is 22.2 Å². The molecule has 2 amide bonds. The first-order valence-corrected chi connectivity index (χ1v) is 8.23. The molecule has 0 unspecified atom stereocenters. The number of hydrogen-bond donors (Lipinski definition) is 1. The first kappa shape index (κ1) is 17.7. The molecule has 0 bridgehead atoms. The lowest BCUT2D eigenvalue weighted by atomic mass is 10.1. The number of urea groups is 1. The fourth-order valence-electron chi connectivity index (χ4n) is 2.94. The van der Waals surface area contributed by atoms with Crippen LogP contribution in [0.5, 0.6) is 0 Å². The summed E-state index contributed by atoms with van der Waals surface area (Å²) in [6.45, 7) is 5.96. The first-order chi connectivity index (χ1) is 10.9. The van der Waals surface area contributed by atoms with E-state index in [1.807, 2.05) is 45.4 Å². The molecule has 1 fully saturated rings. The molecular formula is C16H29N5O2. The van der Waals surface area contributed by atoms with E-state index in [9.17, 15) is 4.79 Å². The summed E-state index contributed by atoms with van der Waals surface area (Å²) in [5.41, 5.74) is 1.10. The Labute approximate surface area is 138 Å². The number of aryl methyl sites for hydroxylation is 1. The molecule has 1 aromatic rings. The van der Waals surface area contributed by atoms with Crippen molar-refractivity contribution >= 4 is 6.03 Å². The zero-order valence-electron chi connectivity index (χ0n) is 14.8. The number of morpholine rings is 1. The maximum atomic E-state index is 12.5. The minimum absolute atomic E-state index is 0.0191. The highest BCUT2D eigenvalue weighted by molar-refractivity contribution is 5.74. The van der Waals surface area contributed by atoms with Gasteiger partial charge in [0.1, 0.15) is 0 Å². The summed E-state index contributed by atoms with van der Waals surface area (Å²) in [5.74, 6) is 0. The molecule has 2 rings (SSSR count). The van der Waals surface area contributed by atoms with E-state index in [4.69, 9.17) is 4.74 Å². The van der Waals surface area contributed by atoms with Crippen LogP contribution in [0.4, 0.5) is 4.79 Å². The topological polar surface area (TPSA) is 62.6 Å². The number of nitrogens with zero attached hydrogens (tertiary/aromatic N) is 4. The van der Waals surface area contributed by atoms with Crippen molar-refractivity contribution < 1.29 is 9.53 Å². The largest absolute Gasteiger partial charge is 0.372 e. The first-order valence-electron chi connectivity index (χ1n) is 8.23. The smallest absolute Gasteiger partial charge is 0.317 e. The lowest BCUT2D eigenvalue weighted by Gasteiger charge is -2.36. The highest BCUT2D eigenvalue weighted by Gasteiger charge is 2.28. The molecule has 7 heteroatoms. The molecule has 2 heterocycles. The molecule has 7 nitrogen and oxygen atoms in total. The molecule has 1 aliphatic heterocycles. The molecule has 3 atom stereocenters. The van der Waals surface area contributed by atoms with Crippen LogP contribution >= 0.6 is 0 Å². The minimum Gasteiger partial charge on any atom is -0.372 e. The number of likely N-dealkylation sites (N-methyl/N-ethyl adjacent to an activating group) is 1. The average molecular weight is 323 g/mol. The van der Waals surface area contributed by atoms with Crippen molar-refractivity contribution in [3.05, 3.63) is 18.0 Å². The van der Waals surface area contributed by atoms with Gasteiger partial charge in [0.25, 0.3) is 0 Å². The van der Waals surface area contributed by atoms with Crippen molar-refractivity contribution in [2.45, 2.75) is 38.5 Å². The molecule has 1 aliphatic rings. The number of aromatic nitrogens is 2. The van der Waals surface area contributed by atoms with Gasteiger partial charge in [-0.25, -0.2) is 4.79 Å². The standard InChI is InChI=1S/C16H29N5O2/c1-6-14-11-21(9-12(2)23-14)16(22)17-8-15(19(3)4)13-7-18-20(5)10-13/h7,10,12,14-15H,6,8-9,11H2,1-5H3,(H,17,22)/t12-,14+,15+/m1/s1. The maximum Gasteiger partial charge on any atom is 0.317 e. The van der Waals surface area contributed by atoms with Gasteiger partial charge in [-0.05, 0) is 27.4 Å². The molecule has 0 aromatic carbocycles. The second-order valence-electron chi connectivity index (χ2n) is 6.49. The Hall–Kier alpha value is -1.60. The molecule has 23 heavy (non-hydrogen) atoms. The van der Waals surface area contributed by atoms with Gasteiger partial charge in [0.2, 0.25) is 0 Å². The summed E-state index contributed by atoms with van der Waals surface area (Å²) in [5, 5.41) is 7.28. The molecule has 1 N–H and O–H groups in total. The van der Waals surface area contributed by atoms with Gasteiger partial charge in [-0.3, -0.25) is 4.68 Å². The van der Waals surface area contributed by atoms with Gasteiger partial charge in [0.05, 0.1) is 24.4 Å². The molecule has 0 aliphatic carbocycles. The van der Waals surface area contributed by atoms with Crippen LogP contribution in [0, 0.1) is 0 Å². The Morgan fingerprint density at radius 3 is 2.83 bits per heavy atom. The summed E-state index contributed by atoms with van der Waals surface area (Å²) in [6.07, 6.45) is 4.97. The molecule has 0 saturated carbocycles. The van der Waals surface area contributed by atoms with E-state index in [-0.39, 0.29) is 24.3 Å². The van der Waals surface area contributed by atoms with Crippen molar-refractivity contribution in [1.82, 2.24) is 24.9 Å². The van der Waals surface area contributed by atoms with Gasteiger partial charge in [-0.15, -0.1) is 0 Å². The fraction of sp³-hybridized carbons (Fsp3) is 0.750. The predicted molar refractivity (Wildman–Crippen MR) is 89.2 cm³/mol.